The van der Waals surface area contributed by atoms with E-state index in [1.165, 1.54) is 12.1 Å². The van der Waals surface area contributed by atoms with Crippen molar-refractivity contribution in [2.45, 2.75) is 11.6 Å². The highest BCUT2D eigenvalue weighted by Crippen LogP contribution is 2.45. The third kappa shape index (κ3) is 2.30. The third-order valence-electron chi connectivity index (χ3n) is 4.07. The lowest BCUT2D eigenvalue weighted by Crippen LogP contribution is -2.03. The number of rotatable bonds is 3. The summed E-state index contributed by atoms with van der Waals surface area (Å²) in [6.07, 6.45) is 3.31. The van der Waals surface area contributed by atoms with Gasteiger partial charge in [-0.1, -0.05) is 0 Å². The van der Waals surface area contributed by atoms with Crippen molar-refractivity contribution < 1.29 is 14.3 Å². The smallest absolute Gasteiger partial charge is 0.338 e. The van der Waals surface area contributed by atoms with Crippen molar-refractivity contribution in [3.05, 3.63) is 60.2 Å². The molecular weight excluding hydrogens is 327 g/mol. The number of thioether (sulfide) groups is 1. The van der Waals surface area contributed by atoms with Crippen molar-refractivity contribution >= 4 is 17.7 Å². The zero-order valence-corrected chi connectivity index (χ0v) is 13.4. The van der Waals surface area contributed by atoms with Crippen LogP contribution >= 0.6 is 11.8 Å². The van der Waals surface area contributed by atoms with Crippen molar-refractivity contribution in [1.29, 1.82) is 0 Å². The van der Waals surface area contributed by atoms with Gasteiger partial charge < -0.3 is 9.67 Å². The largest absolute Gasteiger partial charge is 0.478 e. The summed E-state index contributed by atoms with van der Waals surface area (Å²) in [6, 6.07) is 9.60. The Hall–Kier alpha value is -2.60. The molecule has 4 nitrogen and oxygen atoms in total. The number of benzene rings is 1. The maximum atomic E-state index is 13.3. The summed E-state index contributed by atoms with van der Waals surface area (Å²) in [4.78, 5) is 16.1. The molecule has 0 fully saturated rings. The molecule has 0 aliphatic carbocycles. The summed E-state index contributed by atoms with van der Waals surface area (Å²) >= 11 is 1.64. The molecule has 1 N–H and O–H groups in total. The Morgan fingerprint density at radius 3 is 2.50 bits per heavy atom. The van der Waals surface area contributed by atoms with Gasteiger partial charge in [-0.15, -0.1) is 11.8 Å². The average Bonchev–Trinajstić information content (AvgIpc) is 3.16. The molecule has 0 spiro atoms. The molecular formula is C18H13FN2O2S. The van der Waals surface area contributed by atoms with Crippen molar-refractivity contribution in [2.24, 2.45) is 0 Å². The van der Waals surface area contributed by atoms with Crippen molar-refractivity contribution in [3.63, 3.8) is 0 Å². The van der Waals surface area contributed by atoms with E-state index in [1.54, 1.807) is 36.3 Å². The summed E-state index contributed by atoms with van der Waals surface area (Å²) in [5.41, 5.74) is 3.14. The minimum atomic E-state index is -0.983. The van der Waals surface area contributed by atoms with Gasteiger partial charge in [-0.25, -0.2) is 9.18 Å². The number of aromatic carboxylic acids is 1. The lowest BCUT2D eigenvalue weighted by atomic mass is 10.0. The fraction of sp³-hybridized carbons (Fsp3) is 0.111. The summed E-state index contributed by atoms with van der Waals surface area (Å²) in [5.74, 6) is -0.433. The number of hydrogen-bond acceptors (Lipinski definition) is 3. The van der Waals surface area contributed by atoms with Gasteiger partial charge in [0.15, 0.2) is 0 Å². The SMILES string of the molecule is O=C(O)c1c(-c2ccncc2)c2n(c1-c1ccc(F)cc1)CCS2. The topological polar surface area (TPSA) is 55.1 Å². The maximum absolute atomic E-state index is 13.3. The minimum Gasteiger partial charge on any atom is -0.478 e. The molecule has 3 aromatic rings. The normalized spacial score (nSPS) is 13.0. The lowest BCUT2D eigenvalue weighted by Gasteiger charge is -2.08. The number of carboxylic acids is 1. The van der Waals surface area contributed by atoms with E-state index in [4.69, 9.17) is 0 Å². The van der Waals surface area contributed by atoms with Crippen LogP contribution in [0.2, 0.25) is 0 Å². The second-order valence-electron chi connectivity index (χ2n) is 5.45. The average molecular weight is 340 g/mol. The first-order valence-corrected chi connectivity index (χ1v) is 8.44. The van der Waals surface area contributed by atoms with E-state index in [2.05, 4.69) is 4.98 Å². The van der Waals surface area contributed by atoms with Crippen molar-refractivity contribution in [2.75, 3.05) is 5.75 Å². The molecule has 3 heterocycles. The second kappa shape index (κ2) is 5.79. The molecule has 6 heteroatoms. The first kappa shape index (κ1) is 15.0. The fourth-order valence-electron chi connectivity index (χ4n) is 3.10. The van der Waals surface area contributed by atoms with Gasteiger partial charge in [0, 0.05) is 30.3 Å². The van der Waals surface area contributed by atoms with Crippen LogP contribution in [0.1, 0.15) is 10.4 Å². The molecule has 1 aromatic carbocycles. The van der Waals surface area contributed by atoms with Gasteiger partial charge in [-0.05, 0) is 47.5 Å². The monoisotopic (exact) mass is 340 g/mol. The number of carboxylic acid groups (broad SMARTS) is 1. The van der Waals surface area contributed by atoms with E-state index in [1.807, 2.05) is 16.7 Å². The van der Waals surface area contributed by atoms with Crippen LogP contribution in [0.15, 0.2) is 53.8 Å². The zero-order valence-electron chi connectivity index (χ0n) is 12.6. The molecule has 0 unspecified atom stereocenters. The van der Waals surface area contributed by atoms with Gasteiger partial charge in [0.05, 0.1) is 16.3 Å². The van der Waals surface area contributed by atoms with E-state index >= 15 is 0 Å². The number of fused-ring (bicyclic) bond motifs is 1. The molecule has 1 aliphatic heterocycles. The van der Waals surface area contributed by atoms with E-state index in [-0.39, 0.29) is 11.4 Å². The van der Waals surface area contributed by atoms with Crippen LogP contribution in [0.5, 0.6) is 0 Å². The summed E-state index contributed by atoms with van der Waals surface area (Å²) < 4.78 is 15.3. The first-order chi connectivity index (χ1) is 11.7. The summed E-state index contributed by atoms with van der Waals surface area (Å²) in [6.45, 7) is 0.734. The van der Waals surface area contributed by atoms with E-state index in [0.29, 0.717) is 16.8 Å². The van der Waals surface area contributed by atoms with E-state index < -0.39 is 5.97 Å². The molecule has 120 valence electrons. The molecule has 0 amide bonds. The van der Waals surface area contributed by atoms with Gasteiger partial charge in [-0.3, -0.25) is 4.98 Å². The highest BCUT2D eigenvalue weighted by atomic mass is 32.2. The van der Waals surface area contributed by atoms with Gasteiger partial charge in [0.25, 0.3) is 0 Å². The van der Waals surface area contributed by atoms with Crippen LogP contribution in [-0.2, 0) is 6.54 Å². The van der Waals surface area contributed by atoms with E-state index in [0.717, 1.165) is 22.9 Å². The fourth-order valence-corrected chi connectivity index (χ4v) is 4.27. The number of carbonyl (C=O) groups is 1. The third-order valence-corrected chi connectivity index (χ3v) is 5.15. The summed E-state index contributed by atoms with van der Waals surface area (Å²) in [7, 11) is 0. The predicted octanol–water partition coefficient (Wildman–Crippen LogP) is 4.16. The van der Waals surface area contributed by atoms with Gasteiger partial charge >= 0.3 is 5.97 Å². The molecule has 2 aromatic heterocycles. The molecule has 1 aliphatic rings. The van der Waals surface area contributed by atoms with Crippen LogP contribution < -0.4 is 0 Å². The Bertz CT molecular complexity index is 920. The second-order valence-corrected chi connectivity index (χ2v) is 6.54. The standard InChI is InChI=1S/C18H13FN2O2S/c19-13-3-1-12(2-4-13)16-15(18(22)23)14(11-5-7-20-8-6-11)17-21(16)9-10-24-17/h1-8H,9-10H2,(H,22,23). The van der Waals surface area contributed by atoms with Crippen LogP contribution in [0, 0.1) is 5.82 Å². The Morgan fingerprint density at radius 2 is 1.83 bits per heavy atom. The minimum absolute atomic E-state index is 0.259. The summed E-state index contributed by atoms with van der Waals surface area (Å²) in [5, 5.41) is 10.8. The molecule has 0 saturated heterocycles. The lowest BCUT2D eigenvalue weighted by molar-refractivity contribution is 0.0698. The first-order valence-electron chi connectivity index (χ1n) is 7.45. The van der Waals surface area contributed by atoms with Gasteiger partial charge in [-0.2, -0.15) is 0 Å². The predicted molar refractivity (Wildman–Crippen MR) is 90.7 cm³/mol. The molecule has 24 heavy (non-hydrogen) atoms. The quantitative estimate of drug-likeness (QED) is 0.778. The van der Waals surface area contributed by atoms with Crippen LogP contribution in [-0.4, -0.2) is 26.4 Å². The van der Waals surface area contributed by atoms with Gasteiger partial charge in [0.2, 0.25) is 0 Å². The molecule has 0 bridgehead atoms. The Morgan fingerprint density at radius 1 is 1.12 bits per heavy atom. The van der Waals surface area contributed by atoms with Crippen LogP contribution in [0.4, 0.5) is 4.39 Å². The van der Waals surface area contributed by atoms with Crippen LogP contribution in [0.25, 0.3) is 22.4 Å². The van der Waals surface area contributed by atoms with Crippen LogP contribution in [0.3, 0.4) is 0 Å². The molecule has 0 saturated carbocycles. The van der Waals surface area contributed by atoms with Gasteiger partial charge in [0.1, 0.15) is 5.82 Å². The number of pyridine rings is 1. The zero-order chi connectivity index (χ0) is 16.7. The number of aromatic nitrogens is 2. The Balaban J connectivity index is 2.04. The Labute approximate surface area is 142 Å². The van der Waals surface area contributed by atoms with Crippen molar-refractivity contribution in [3.8, 4) is 22.4 Å². The molecule has 0 atom stereocenters. The Kier molecular flexibility index (Phi) is 3.61. The highest BCUT2D eigenvalue weighted by molar-refractivity contribution is 7.99. The molecule has 4 rings (SSSR count). The van der Waals surface area contributed by atoms with Crippen molar-refractivity contribution in [1.82, 2.24) is 9.55 Å². The maximum Gasteiger partial charge on any atom is 0.338 e. The van der Waals surface area contributed by atoms with E-state index in [9.17, 15) is 14.3 Å². The number of halogens is 1. The molecule has 0 radical (unpaired) electrons. The highest BCUT2D eigenvalue weighted by Gasteiger charge is 2.31. The number of hydrogen-bond donors (Lipinski definition) is 1. The number of nitrogens with zero attached hydrogens (tertiary/aromatic N) is 2.